The van der Waals surface area contributed by atoms with Crippen LogP contribution in [0.2, 0.25) is 0 Å². The third kappa shape index (κ3) is 2.88. The van der Waals surface area contributed by atoms with Crippen molar-refractivity contribution in [3.63, 3.8) is 0 Å². The van der Waals surface area contributed by atoms with Crippen LogP contribution in [0.4, 0.5) is 0 Å². The molecule has 0 aromatic rings. The van der Waals surface area contributed by atoms with Gasteiger partial charge in [0.2, 0.25) is 0 Å². The Morgan fingerprint density at radius 3 is 2.56 bits per heavy atom. The minimum atomic E-state index is 0.274. The predicted octanol–water partition coefficient (Wildman–Crippen LogP) is 2.82. The maximum Gasteiger partial charge on any atom is 0.0427 e. The molecular formula is C15H30N2S. The highest BCUT2D eigenvalue weighted by Gasteiger charge is 2.46. The first-order valence-electron chi connectivity index (χ1n) is 7.41. The number of thioether (sulfide) groups is 1. The zero-order chi connectivity index (χ0) is 13.4. The molecule has 3 heteroatoms. The van der Waals surface area contributed by atoms with Crippen LogP contribution >= 0.6 is 11.8 Å². The van der Waals surface area contributed by atoms with Gasteiger partial charge in [0.25, 0.3) is 0 Å². The van der Waals surface area contributed by atoms with Crippen molar-refractivity contribution in [2.75, 3.05) is 31.1 Å². The molecule has 18 heavy (non-hydrogen) atoms. The van der Waals surface area contributed by atoms with Crippen molar-refractivity contribution in [1.29, 1.82) is 0 Å². The van der Waals surface area contributed by atoms with Gasteiger partial charge in [-0.25, -0.2) is 0 Å². The molecule has 2 fully saturated rings. The molecule has 2 aliphatic rings. The molecule has 2 heterocycles. The molecule has 0 amide bonds. The van der Waals surface area contributed by atoms with E-state index in [1.54, 1.807) is 0 Å². The molecular weight excluding hydrogens is 240 g/mol. The summed E-state index contributed by atoms with van der Waals surface area (Å²) in [5.41, 5.74) is 6.92. The van der Waals surface area contributed by atoms with Gasteiger partial charge < -0.3 is 5.73 Å². The molecule has 2 aliphatic heterocycles. The highest BCUT2D eigenvalue weighted by Crippen LogP contribution is 2.43. The summed E-state index contributed by atoms with van der Waals surface area (Å²) in [6.07, 6.45) is 2.64. The second-order valence-corrected chi connectivity index (χ2v) is 8.49. The Labute approximate surface area is 117 Å². The van der Waals surface area contributed by atoms with E-state index in [9.17, 15) is 0 Å². The number of rotatable bonds is 3. The summed E-state index contributed by atoms with van der Waals surface area (Å²) in [5.74, 6) is 4.21. The Hall–Kier alpha value is 0.270. The van der Waals surface area contributed by atoms with Gasteiger partial charge in [-0.3, -0.25) is 4.90 Å². The average Bonchev–Trinajstić information content (AvgIpc) is 2.77. The van der Waals surface area contributed by atoms with E-state index in [0.29, 0.717) is 5.41 Å². The number of nitrogens with zero attached hydrogens (tertiary/aromatic N) is 1. The Kier molecular flexibility index (Phi) is 4.35. The number of hydrogen-bond acceptors (Lipinski definition) is 3. The molecule has 2 N–H and O–H groups in total. The monoisotopic (exact) mass is 270 g/mol. The molecule has 2 atom stereocenters. The molecule has 0 bridgehead atoms. The molecule has 2 rings (SSSR count). The fraction of sp³-hybridized carbons (Fsp3) is 1.00. The lowest BCUT2D eigenvalue weighted by atomic mass is 9.79. The van der Waals surface area contributed by atoms with Crippen LogP contribution in [0.5, 0.6) is 0 Å². The maximum atomic E-state index is 6.21. The van der Waals surface area contributed by atoms with Crippen molar-refractivity contribution >= 4 is 11.8 Å². The number of nitrogens with two attached hydrogens (primary N) is 1. The Balaban J connectivity index is 2.09. The third-order valence-corrected chi connectivity index (χ3v) is 6.62. The van der Waals surface area contributed by atoms with Crippen molar-refractivity contribution in [3.05, 3.63) is 0 Å². The highest BCUT2D eigenvalue weighted by atomic mass is 32.2. The second-order valence-electron chi connectivity index (χ2n) is 7.50. The zero-order valence-corrected chi connectivity index (χ0v) is 13.4. The Morgan fingerprint density at radius 1 is 1.33 bits per heavy atom. The summed E-state index contributed by atoms with van der Waals surface area (Å²) < 4.78 is 0. The van der Waals surface area contributed by atoms with Gasteiger partial charge in [-0.15, -0.1) is 0 Å². The van der Waals surface area contributed by atoms with Gasteiger partial charge in [0.1, 0.15) is 0 Å². The van der Waals surface area contributed by atoms with Crippen LogP contribution in [-0.4, -0.2) is 41.6 Å². The standard InChI is InChI=1S/C15H30N2S/c1-12(2)13-5-6-17(7-13)15(9-16)8-14(3,4)10-18-11-15/h12-13H,5-11,16H2,1-4H3. The van der Waals surface area contributed by atoms with Crippen molar-refractivity contribution in [1.82, 2.24) is 4.90 Å². The van der Waals surface area contributed by atoms with E-state index >= 15 is 0 Å². The molecule has 0 saturated carbocycles. The molecule has 106 valence electrons. The quantitative estimate of drug-likeness (QED) is 0.855. The molecule has 0 aromatic carbocycles. The van der Waals surface area contributed by atoms with Gasteiger partial charge in [0, 0.05) is 24.4 Å². The van der Waals surface area contributed by atoms with Crippen LogP contribution in [0, 0.1) is 17.3 Å². The number of hydrogen-bond donors (Lipinski definition) is 1. The fourth-order valence-corrected chi connectivity index (χ4v) is 5.27. The third-order valence-electron chi connectivity index (χ3n) is 4.89. The lowest BCUT2D eigenvalue weighted by Crippen LogP contribution is -2.59. The maximum absolute atomic E-state index is 6.21. The summed E-state index contributed by atoms with van der Waals surface area (Å²) >= 11 is 2.11. The van der Waals surface area contributed by atoms with Crippen molar-refractivity contribution < 1.29 is 0 Å². The predicted molar refractivity (Wildman–Crippen MR) is 82.0 cm³/mol. The van der Waals surface area contributed by atoms with Gasteiger partial charge in [0.15, 0.2) is 0 Å². The zero-order valence-electron chi connectivity index (χ0n) is 12.5. The van der Waals surface area contributed by atoms with Crippen LogP contribution in [-0.2, 0) is 0 Å². The average molecular weight is 270 g/mol. The van der Waals surface area contributed by atoms with Crippen molar-refractivity contribution in [2.24, 2.45) is 23.0 Å². The van der Waals surface area contributed by atoms with E-state index in [4.69, 9.17) is 5.73 Å². The van der Waals surface area contributed by atoms with Crippen LogP contribution in [0.1, 0.15) is 40.5 Å². The van der Waals surface area contributed by atoms with Gasteiger partial charge in [-0.05, 0) is 42.4 Å². The number of likely N-dealkylation sites (tertiary alicyclic amines) is 1. The van der Waals surface area contributed by atoms with Crippen molar-refractivity contribution in [2.45, 2.75) is 46.1 Å². The normalized spacial score (nSPS) is 37.3. The largest absolute Gasteiger partial charge is 0.329 e. The second kappa shape index (κ2) is 5.34. The van der Waals surface area contributed by atoms with Gasteiger partial charge >= 0.3 is 0 Å². The van der Waals surface area contributed by atoms with Gasteiger partial charge in [-0.2, -0.15) is 11.8 Å². The molecule has 0 radical (unpaired) electrons. The van der Waals surface area contributed by atoms with E-state index < -0.39 is 0 Å². The molecule has 2 nitrogen and oxygen atoms in total. The van der Waals surface area contributed by atoms with E-state index in [1.807, 2.05) is 0 Å². The molecule has 2 saturated heterocycles. The van der Waals surface area contributed by atoms with E-state index in [-0.39, 0.29) is 5.54 Å². The van der Waals surface area contributed by atoms with Crippen LogP contribution in [0.15, 0.2) is 0 Å². The lowest BCUT2D eigenvalue weighted by Gasteiger charge is -2.49. The smallest absolute Gasteiger partial charge is 0.0427 e. The first-order valence-corrected chi connectivity index (χ1v) is 8.57. The fourth-order valence-electron chi connectivity index (χ4n) is 3.74. The highest BCUT2D eigenvalue weighted by molar-refractivity contribution is 7.99. The summed E-state index contributed by atoms with van der Waals surface area (Å²) in [6, 6.07) is 0. The van der Waals surface area contributed by atoms with Crippen LogP contribution in [0.25, 0.3) is 0 Å². The summed E-state index contributed by atoms with van der Waals surface area (Å²) in [5, 5.41) is 0. The molecule has 0 aliphatic carbocycles. The van der Waals surface area contributed by atoms with Gasteiger partial charge in [0.05, 0.1) is 0 Å². The van der Waals surface area contributed by atoms with Crippen LogP contribution in [0.3, 0.4) is 0 Å². The van der Waals surface area contributed by atoms with E-state index in [2.05, 4.69) is 44.4 Å². The minimum absolute atomic E-state index is 0.274. The van der Waals surface area contributed by atoms with E-state index in [0.717, 1.165) is 18.4 Å². The summed E-state index contributed by atoms with van der Waals surface area (Å²) in [7, 11) is 0. The first-order chi connectivity index (χ1) is 8.38. The SMILES string of the molecule is CC(C)C1CCN(C2(CN)CSCC(C)(C)C2)C1. The van der Waals surface area contributed by atoms with Gasteiger partial charge in [-0.1, -0.05) is 27.7 Å². The van der Waals surface area contributed by atoms with Crippen LogP contribution < -0.4 is 5.73 Å². The summed E-state index contributed by atoms with van der Waals surface area (Å²) in [6.45, 7) is 12.9. The molecule has 0 spiro atoms. The van der Waals surface area contributed by atoms with Crippen molar-refractivity contribution in [3.8, 4) is 0 Å². The first kappa shape index (κ1) is 14.7. The molecule has 2 unspecified atom stereocenters. The molecule has 0 aromatic heterocycles. The Morgan fingerprint density at radius 2 is 2.06 bits per heavy atom. The summed E-state index contributed by atoms with van der Waals surface area (Å²) in [4.78, 5) is 2.73. The Bertz CT molecular complexity index is 290. The topological polar surface area (TPSA) is 29.3 Å². The minimum Gasteiger partial charge on any atom is -0.329 e. The lowest BCUT2D eigenvalue weighted by molar-refractivity contribution is 0.0858. The van der Waals surface area contributed by atoms with E-state index in [1.165, 1.54) is 37.4 Å².